The van der Waals surface area contributed by atoms with Crippen LogP contribution in [0.5, 0.6) is 0 Å². The van der Waals surface area contributed by atoms with Gasteiger partial charge in [0.15, 0.2) is 0 Å². The molecule has 0 aromatic heterocycles. The first-order valence-electron chi connectivity index (χ1n) is 5.73. The van der Waals surface area contributed by atoms with Gasteiger partial charge in [0.1, 0.15) is 11.7 Å². The summed E-state index contributed by atoms with van der Waals surface area (Å²) in [6.45, 7) is 0.0344. The van der Waals surface area contributed by atoms with Gasteiger partial charge in [-0.15, -0.1) is 0 Å². The van der Waals surface area contributed by atoms with Crippen molar-refractivity contribution in [1.82, 2.24) is 0 Å². The molecule has 2 atom stereocenters. The number of anilines is 1. The largest absolute Gasteiger partial charge is 0.481 e. The van der Waals surface area contributed by atoms with Crippen molar-refractivity contribution in [3.05, 3.63) is 29.6 Å². The number of hydrogen-bond acceptors (Lipinski definition) is 3. The topological polar surface area (TPSA) is 58.6 Å². The van der Waals surface area contributed by atoms with Gasteiger partial charge >= 0.3 is 12.1 Å². The van der Waals surface area contributed by atoms with Crippen LogP contribution < -0.4 is 5.32 Å². The molecule has 0 radical (unpaired) electrons. The molecule has 0 amide bonds. The van der Waals surface area contributed by atoms with E-state index in [0.29, 0.717) is 6.07 Å². The van der Waals surface area contributed by atoms with Crippen molar-refractivity contribution in [2.75, 3.05) is 18.5 Å². The molecule has 1 aromatic rings. The van der Waals surface area contributed by atoms with E-state index in [-0.39, 0.29) is 18.9 Å². The SMILES string of the molecule is O=C(O)C1COCC1Nc1ccc(C(F)(F)F)cc1F. The second kappa shape index (κ2) is 5.28. The Morgan fingerprint density at radius 2 is 2.05 bits per heavy atom. The van der Waals surface area contributed by atoms with Gasteiger partial charge in [-0.2, -0.15) is 13.2 Å². The minimum atomic E-state index is -4.63. The van der Waals surface area contributed by atoms with E-state index < -0.39 is 35.5 Å². The molecule has 0 saturated carbocycles. The number of carbonyl (C=O) groups is 1. The van der Waals surface area contributed by atoms with Crippen molar-refractivity contribution < 1.29 is 32.2 Å². The highest BCUT2D eigenvalue weighted by atomic mass is 19.4. The predicted molar refractivity (Wildman–Crippen MR) is 60.8 cm³/mol. The molecule has 0 aliphatic carbocycles. The molecule has 110 valence electrons. The van der Waals surface area contributed by atoms with Crippen molar-refractivity contribution in [3.63, 3.8) is 0 Å². The zero-order chi connectivity index (χ0) is 14.9. The standard InChI is InChI=1S/C12H11F4NO3/c13-8-3-6(12(14,15)16)1-2-9(8)17-10-5-20-4-7(10)11(18)19/h1-3,7,10,17H,4-5H2,(H,18,19). The summed E-state index contributed by atoms with van der Waals surface area (Å²) in [5, 5.41) is 11.5. The lowest BCUT2D eigenvalue weighted by Crippen LogP contribution is -2.33. The molecular weight excluding hydrogens is 282 g/mol. The van der Waals surface area contributed by atoms with Crippen LogP contribution in [0, 0.1) is 11.7 Å². The number of alkyl halides is 3. The molecule has 2 unspecified atom stereocenters. The maximum absolute atomic E-state index is 13.6. The molecule has 1 aliphatic rings. The molecule has 1 aromatic carbocycles. The Balaban J connectivity index is 2.16. The second-order valence-electron chi connectivity index (χ2n) is 4.43. The van der Waals surface area contributed by atoms with E-state index in [9.17, 15) is 22.4 Å². The number of rotatable bonds is 3. The van der Waals surface area contributed by atoms with Gasteiger partial charge in [0, 0.05) is 0 Å². The Hall–Kier alpha value is -1.83. The van der Waals surface area contributed by atoms with Gasteiger partial charge in [0.05, 0.1) is 30.5 Å². The minimum Gasteiger partial charge on any atom is -0.481 e. The van der Waals surface area contributed by atoms with E-state index >= 15 is 0 Å². The summed E-state index contributed by atoms with van der Waals surface area (Å²) < 4.78 is 55.7. The summed E-state index contributed by atoms with van der Waals surface area (Å²) in [7, 11) is 0. The molecule has 2 N–H and O–H groups in total. The summed E-state index contributed by atoms with van der Waals surface area (Å²) >= 11 is 0. The first-order valence-corrected chi connectivity index (χ1v) is 5.73. The van der Waals surface area contributed by atoms with E-state index in [1.54, 1.807) is 0 Å². The van der Waals surface area contributed by atoms with E-state index in [4.69, 9.17) is 9.84 Å². The fourth-order valence-electron chi connectivity index (χ4n) is 1.95. The number of carboxylic acids is 1. The zero-order valence-corrected chi connectivity index (χ0v) is 10.1. The van der Waals surface area contributed by atoms with Crippen LogP contribution in [0.1, 0.15) is 5.56 Å². The highest BCUT2D eigenvalue weighted by Crippen LogP contribution is 2.32. The van der Waals surface area contributed by atoms with Crippen molar-refractivity contribution >= 4 is 11.7 Å². The van der Waals surface area contributed by atoms with Gasteiger partial charge in [0.25, 0.3) is 0 Å². The lowest BCUT2D eigenvalue weighted by molar-refractivity contribution is -0.141. The molecule has 1 fully saturated rings. The van der Waals surface area contributed by atoms with Gasteiger partial charge < -0.3 is 15.2 Å². The quantitative estimate of drug-likeness (QED) is 0.840. The Morgan fingerprint density at radius 3 is 2.60 bits per heavy atom. The maximum atomic E-state index is 13.6. The maximum Gasteiger partial charge on any atom is 0.416 e. The Morgan fingerprint density at radius 1 is 1.35 bits per heavy atom. The van der Waals surface area contributed by atoms with Gasteiger partial charge in [-0.25, -0.2) is 4.39 Å². The molecule has 20 heavy (non-hydrogen) atoms. The smallest absolute Gasteiger partial charge is 0.416 e. The lowest BCUT2D eigenvalue weighted by atomic mass is 10.0. The van der Waals surface area contributed by atoms with E-state index in [1.165, 1.54) is 0 Å². The summed E-state index contributed by atoms with van der Waals surface area (Å²) in [5.74, 6) is -3.06. The molecule has 0 spiro atoms. The van der Waals surface area contributed by atoms with Crippen LogP contribution in [0.25, 0.3) is 0 Å². The van der Waals surface area contributed by atoms with Gasteiger partial charge in [-0.3, -0.25) is 4.79 Å². The van der Waals surface area contributed by atoms with Gasteiger partial charge in [0.2, 0.25) is 0 Å². The van der Waals surface area contributed by atoms with Crippen LogP contribution in [-0.4, -0.2) is 30.3 Å². The van der Waals surface area contributed by atoms with Crippen LogP contribution in [0.2, 0.25) is 0 Å². The first kappa shape index (κ1) is 14.6. The molecule has 1 saturated heterocycles. The number of ether oxygens (including phenoxy) is 1. The van der Waals surface area contributed by atoms with Crippen LogP contribution in [0.15, 0.2) is 18.2 Å². The van der Waals surface area contributed by atoms with Gasteiger partial charge in [-0.05, 0) is 18.2 Å². The third-order valence-corrected chi connectivity index (χ3v) is 3.04. The fraction of sp³-hybridized carbons (Fsp3) is 0.417. The molecule has 4 nitrogen and oxygen atoms in total. The van der Waals surface area contributed by atoms with Crippen molar-refractivity contribution in [1.29, 1.82) is 0 Å². The highest BCUT2D eigenvalue weighted by molar-refractivity contribution is 5.72. The number of halogens is 4. The average molecular weight is 293 g/mol. The Kier molecular flexibility index (Phi) is 3.85. The van der Waals surface area contributed by atoms with Gasteiger partial charge in [-0.1, -0.05) is 0 Å². The Labute approximate surface area is 111 Å². The normalized spacial score (nSPS) is 22.8. The molecule has 1 heterocycles. The summed E-state index contributed by atoms with van der Waals surface area (Å²) in [4.78, 5) is 10.9. The number of benzene rings is 1. The summed E-state index contributed by atoms with van der Waals surface area (Å²) in [6, 6.07) is 1.36. The second-order valence-corrected chi connectivity index (χ2v) is 4.43. The third kappa shape index (κ3) is 3.01. The number of aliphatic carboxylic acids is 1. The van der Waals surface area contributed by atoms with Crippen molar-refractivity contribution in [2.45, 2.75) is 12.2 Å². The van der Waals surface area contributed by atoms with E-state index in [0.717, 1.165) is 12.1 Å². The molecule has 0 bridgehead atoms. The van der Waals surface area contributed by atoms with E-state index in [2.05, 4.69) is 5.32 Å². The zero-order valence-electron chi connectivity index (χ0n) is 10.1. The molecule has 8 heteroatoms. The molecule has 1 aliphatic heterocycles. The van der Waals surface area contributed by atoms with Crippen LogP contribution in [0.4, 0.5) is 23.2 Å². The number of carboxylic acid groups (broad SMARTS) is 1. The monoisotopic (exact) mass is 293 g/mol. The molecular formula is C12H11F4NO3. The average Bonchev–Trinajstić information content (AvgIpc) is 2.78. The summed E-state index contributed by atoms with van der Waals surface area (Å²) in [6.07, 6.45) is -4.63. The van der Waals surface area contributed by atoms with Crippen LogP contribution in [-0.2, 0) is 15.7 Å². The van der Waals surface area contributed by atoms with Crippen LogP contribution >= 0.6 is 0 Å². The minimum absolute atomic E-state index is 0.0186. The highest BCUT2D eigenvalue weighted by Gasteiger charge is 2.35. The fourth-order valence-corrected chi connectivity index (χ4v) is 1.95. The van der Waals surface area contributed by atoms with Crippen molar-refractivity contribution in [3.8, 4) is 0 Å². The third-order valence-electron chi connectivity index (χ3n) is 3.04. The molecule has 2 rings (SSSR count). The number of nitrogens with one attached hydrogen (secondary N) is 1. The summed E-state index contributed by atoms with van der Waals surface area (Å²) in [5.41, 5.74) is -1.28. The number of hydrogen-bond donors (Lipinski definition) is 2. The lowest BCUT2D eigenvalue weighted by Gasteiger charge is -2.18. The Bertz CT molecular complexity index is 518. The predicted octanol–water partition coefficient (Wildman–Crippen LogP) is 2.36. The van der Waals surface area contributed by atoms with Crippen molar-refractivity contribution in [2.24, 2.45) is 5.92 Å². The van der Waals surface area contributed by atoms with E-state index in [1.807, 2.05) is 0 Å². The van der Waals surface area contributed by atoms with Crippen LogP contribution in [0.3, 0.4) is 0 Å². The first-order chi connectivity index (χ1) is 9.29.